The molecule has 2 rings (SSSR count). The van der Waals surface area contributed by atoms with Crippen LogP contribution in [-0.2, 0) is 0 Å². The van der Waals surface area contributed by atoms with Crippen LogP contribution in [0.2, 0.25) is 0 Å². The zero-order valence-corrected chi connectivity index (χ0v) is 10.4. The largest absolute Gasteiger partial charge is 0.373 e. The van der Waals surface area contributed by atoms with Crippen LogP contribution in [0.4, 0.5) is 5.82 Å². The Hall–Kier alpha value is -1.49. The Labute approximate surface area is 98.8 Å². The number of nitrogens with zero attached hydrogens (tertiary/aromatic N) is 3. The average Bonchev–Trinajstić information content (AvgIpc) is 2.81. The van der Waals surface area contributed by atoms with E-state index in [0.717, 1.165) is 16.5 Å². The summed E-state index contributed by atoms with van der Waals surface area (Å²) in [7, 11) is 1.86. The van der Waals surface area contributed by atoms with E-state index in [1.54, 1.807) is 17.5 Å². The van der Waals surface area contributed by atoms with Crippen LogP contribution in [0, 0.1) is 0 Å². The first-order valence-electron chi connectivity index (χ1n) is 5.17. The lowest BCUT2D eigenvalue weighted by Gasteiger charge is -2.08. The second-order valence-electron chi connectivity index (χ2n) is 3.74. The van der Waals surface area contributed by atoms with Gasteiger partial charge in [0, 0.05) is 30.4 Å². The molecule has 4 nitrogen and oxygen atoms in total. The Morgan fingerprint density at radius 1 is 1.31 bits per heavy atom. The van der Waals surface area contributed by atoms with Gasteiger partial charge in [0.2, 0.25) is 0 Å². The maximum atomic E-state index is 4.52. The van der Waals surface area contributed by atoms with Gasteiger partial charge in [-0.25, -0.2) is 15.0 Å². The molecule has 2 aromatic heterocycles. The van der Waals surface area contributed by atoms with Gasteiger partial charge in [0.25, 0.3) is 0 Å². The molecule has 5 heteroatoms. The third-order valence-corrected chi connectivity index (χ3v) is 2.99. The molecular weight excluding hydrogens is 220 g/mol. The molecule has 0 saturated heterocycles. The molecule has 0 aliphatic carbocycles. The monoisotopic (exact) mass is 234 g/mol. The third-order valence-electron chi connectivity index (χ3n) is 2.22. The van der Waals surface area contributed by atoms with E-state index in [9.17, 15) is 0 Å². The second kappa shape index (κ2) is 4.57. The number of hydrogen-bond acceptors (Lipinski definition) is 5. The summed E-state index contributed by atoms with van der Waals surface area (Å²) in [6, 6.07) is 1.97. The zero-order valence-electron chi connectivity index (χ0n) is 9.56. The van der Waals surface area contributed by atoms with E-state index in [1.165, 1.54) is 0 Å². The molecule has 0 radical (unpaired) electrons. The molecule has 2 heterocycles. The van der Waals surface area contributed by atoms with E-state index >= 15 is 0 Å². The van der Waals surface area contributed by atoms with Crippen molar-refractivity contribution in [1.29, 1.82) is 0 Å². The van der Waals surface area contributed by atoms with Crippen molar-refractivity contribution in [2.24, 2.45) is 0 Å². The van der Waals surface area contributed by atoms with Gasteiger partial charge in [0.05, 0.1) is 0 Å². The van der Waals surface area contributed by atoms with Crippen molar-refractivity contribution in [1.82, 2.24) is 15.0 Å². The van der Waals surface area contributed by atoms with E-state index in [-0.39, 0.29) is 0 Å². The lowest BCUT2D eigenvalue weighted by molar-refractivity contribution is 0.817. The Bertz CT molecular complexity index is 465. The van der Waals surface area contributed by atoms with Crippen LogP contribution in [0.5, 0.6) is 0 Å². The molecule has 0 spiro atoms. The van der Waals surface area contributed by atoms with E-state index in [2.05, 4.69) is 34.1 Å². The van der Waals surface area contributed by atoms with Gasteiger partial charge in [0.1, 0.15) is 5.82 Å². The second-order valence-corrected chi connectivity index (χ2v) is 4.64. The zero-order chi connectivity index (χ0) is 11.5. The van der Waals surface area contributed by atoms with Crippen molar-refractivity contribution in [3.63, 3.8) is 0 Å². The SMILES string of the molecule is CNc1cc(C(C)C)nc(-c2nccs2)n1. The Morgan fingerprint density at radius 2 is 2.12 bits per heavy atom. The Kier molecular flexibility index (Phi) is 3.14. The molecule has 0 aliphatic heterocycles. The van der Waals surface area contributed by atoms with Crippen molar-refractivity contribution in [3.05, 3.63) is 23.3 Å². The molecule has 0 aliphatic rings. The van der Waals surface area contributed by atoms with Crippen LogP contribution < -0.4 is 5.32 Å². The maximum Gasteiger partial charge on any atom is 0.190 e. The predicted molar refractivity (Wildman–Crippen MR) is 66.8 cm³/mol. The van der Waals surface area contributed by atoms with Crippen molar-refractivity contribution in [3.8, 4) is 10.8 Å². The average molecular weight is 234 g/mol. The van der Waals surface area contributed by atoms with E-state index < -0.39 is 0 Å². The Morgan fingerprint density at radius 3 is 2.69 bits per heavy atom. The van der Waals surface area contributed by atoms with Crippen LogP contribution in [0.25, 0.3) is 10.8 Å². The first-order chi connectivity index (χ1) is 7.70. The predicted octanol–water partition coefficient (Wildman–Crippen LogP) is 2.77. The molecule has 0 amide bonds. The number of aromatic nitrogens is 3. The first-order valence-corrected chi connectivity index (χ1v) is 6.05. The Balaban J connectivity index is 2.49. The minimum Gasteiger partial charge on any atom is -0.373 e. The van der Waals surface area contributed by atoms with Crippen molar-refractivity contribution in [2.75, 3.05) is 12.4 Å². The first kappa shape index (κ1) is 11.0. The summed E-state index contributed by atoms with van der Waals surface area (Å²) in [4.78, 5) is 13.2. The summed E-state index contributed by atoms with van der Waals surface area (Å²) in [5.74, 6) is 1.92. The number of rotatable bonds is 3. The van der Waals surface area contributed by atoms with Crippen LogP contribution in [-0.4, -0.2) is 22.0 Å². The van der Waals surface area contributed by atoms with Crippen LogP contribution in [0.15, 0.2) is 17.6 Å². The topological polar surface area (TPSA) is 50.7 Å². The number of thiazole rings is 1. The van der Waals surface area contributed by atoms with Crippen molar-refractivity contribution in [2.45, 2.75) is 19.8 Å². The molecule has 0 saturated carbocycles. The lowest BCUT2D eigenvalue weighted by atomic mass is 10.1. The summed E-state index contributed by atoms with van der Waals surface area (Å²) in [6.45, 7) is 4.24. The number of anilines is 1. The number of hydrogen-bond donors (Lipinski definition) is 1. The van der Waals surface area contributed by atoms with Crippen molar-refractivity contribution >= 4 is 17.2 Å². The highest BCUT2D eigenvalue weighted by Crippen LogP contribution is 2.22. The molecule has 0 unspecified atom stereocenters. The van der Waals surface area contributed by atoms with Crippen LogP contribution in [0.1, 0.15) is 25.5 Å². The summed E-state index contributed by atoms with van der Waals surface area (Å²) in [5.41, 5.74) is 1.03. The highest BCUT2D eigenvalue weighted by atomic mass is 32.1. The van der Waals surface area contributed by atoms with Gasteiger partial charge in [0.15, 0.2) is 10.8 Å². The van der Waals surface area contributed by atoms with Crippen LogP contribution in [0.3, 0.4) is 0 Å². The molecule has 0 bridgehead atoms. The van der Waals surface area contributed by atoms with Gasteiger partial charge in [-0.1, -0.05) is 13.8 Å². The molecule has 2 aromatic rings. The quantitative estimate of drug-likeness (QED) is 0.887. The standard InChI is InChI=1S/C11H14N4S/c1-7(2)8-6-9(12-3)15-10(14-8)11-13-4-5-16-11/h4-7H,1-3H3,(H,12,14,15). The number of nitrogens with one attached hydrogen (secondary N) is 1. The molecule has 0 fully saturated rings. The van der Waals surface area contributed by atoms with Crippen LogP contribution >= 0.6 is 11.3 Å². The fraction of sp³-hybridized carbons (Fsp3) is 0.364. The van der Waals surface area contributed by atoms with Gasteiger partial charge < -0.3 is 5.32 Å². The summed E-state index contributed by atoms with van der Waals surface area (Å²) >= 11 is 1.55. The lowest BCUT2D eigenvalue weighted by Crippen LogP contribution is -2.01. The molecule has 0 aromatic carbocycles. The fourth-order valence-electron chi connectivity index (χ4n) is 1.32. The minimum atomic E-state index is 0.383. The molecule has 1 N–H and O–H groups in total. The summed E-state index contributed by atoms with van der Waals surface area (Å²) in [5, 5.41) is 5.84. The van der Waals surface area contributed by atoms with Gasteiger partial charge in [-0.05, 0) is 5.92 Å². The summed E-state index contributed by atoms with van der Waals surface area (Å²) < 4.78 is 0. The van der Waals surface area contributed by atoms with Gasteiger partial charge in [-0.15, -0.1) is 11.3 Å². The minimum absolute atomic E-state index is 0.383. The fourth-order valence-corrected chi connectivity index (χ4v) is 1.89. The highest BCUT2D eigenvalue weighted by molar-refractivity contribution is 7.13. The van der Waals surface area contributed by atoms with E-state index in [1.807, 2.05) is 18.5 Å². The smallest absolute Gasteiger partial charge is 0.190 e. The molecular formula is C11H14N4S. The van der Waals surface area contributed by atoms with Gasteiger partial charge in [-0.3, -0.25) is 0 Å². The highest BCUT2D eigenvalue weighted by Gasteiger charge is 2.10. The summed E-state index contributed by atoms with van der Waals surface area (Å²) in [6.07, 6.45) is 1.77. The molecule has 0 atom stereocenters. The van der Waals surface area contributed by atoms with E-state index in [4.69, 9.17) is 0 Å². The van der Waals surface area contributed by atoms with E-state index in [0.29, 0.717) is 11.7 Å². The third kappa shape index (κ3) is 2.19. The van der Waals surface area contributed by atoms with Gasteiger partial charge in [-0.2, -0.15) is 0 Å². The maximum absolute atomic E-state index is 4.52. The molecule has 84 valence electrons. The normalized spacial score (nSPS) is 10.8. The van der Waals surface area contributed by atoms with Crippen molar-refractivity contribution < 1.29 is 0 Å². The van der Waals surface area contributed by atoms with Gasteiger partial charge >= 0.3 is 0 Å². The molecule has 16 heavy (non-hydrogen) atoms.